The normalized spacial score (nSPS) is 15.4. The van der Waals surface area contributed by atoms with Crippen LogP contribution in [-0.2, 0) is 18.4 Å². The number of nitrogens with zero attached hydrogens (tertiary/aromatic N) is 3. The predicted molar refractivity (Wildman–Crippen MR) is 53.5 cm³/mol. The number of hydrogen-bond acceptors (Lipinski definition) is 4. The average Bonchev–Trinajstić information content (AvgIpc) is 2.52. The van der Waals surface area contributed by atoms with Crippen LogP contribution in [0.25, 0.3) is 0 Å². The molecule has 1 heterocycles. The molecule has 1 unspecified atom stereocenters. The Morgan fingerprint density at radius 2 is 2.36 bits per heavy atom. The molecule has 1 atom stereocenters. The van der Waals surface area contributed by atoms with Gasteiger partial charge in [-0.25, -0.2) is 0 Å². The van der Waals surface area contributed by atoms with Crippen molar-refractivity contribution < 1.29 is 4.74 Å². The summed E-state index contributed by atoms with van der Waals surface area (Å²) in [6.07, 6.45) is 2.55. The summed E-state index contributed by atoms with van der Waals surface area (Å²) in [7, 11) is 1.89. The molecule has 1 rings (SSSR count). The zero-order valence-electron chi connectivity index (χ0n) is 9.03. The lowest BCUT2D eigenvalue weighted by Gasteiger charge is -2.21. The van der Waals surface area contributed by atoms with Gasteiger partial charge in [0.15, 0.2) is 5.82 Å². The van der Waals surface area contributed by atoms with Gasteiger partial charge in [0.1, 0.15) is 12.9 Å². The van der Waals surface area contributed by atoms with E-state index in [0.29, 0.717) is 13.2 Å². The van der Waals surface area contributed by atoms with Crippen LogP contribution in [0, 0.1) is 0 Å². The van der Waals surface area contributed by atoms with E-state index in [1.165, 1.54) is 0 Å². The van der Waals surface area contributed by atoms with E-state index in [0.717, 1.165) is 12.2 Å². The van der Waals surface area contributed by atoms with Gasteiger partial charge < -0.3 is 15.0 Å². The zero-order chi connectivity index (χ0) is 10.6. The second-order valence-corrected chi connectivity index (χ2v) is 3.86. The largest absolute Gasteiger partial charge is 0.372 e. The summed E-state index contributed by atoms with van der Waals surface area (Å²) in [6.45, 7) is 5.02. The van der Waals surface area contributed by atoms with Crippen LogP contribution < -0.4 is 5.73 Å². The van der Waals surface area contributed by atoms with Crippen LogP contribution in [0.5, 0.6) is 0 Å². The maximum Gasteiger partial charge on any atom is 0.158 e. The lowest BCUT2D eigenvalue weighted by Crippen LogP contribution is -2.40. The van der Waals surface area contributed by atoms with Crippen LogP contribution in [0.3, 0.4) is 0 Å². The fourth-order valence-electron chi connectivity index (χ4n) is 0.915. The van der Waals surface area contributed by atoms with Crippen molar-refractivity contribution in [1.29, 1.82) is 0 Å². The van der Waals surface area contributed by atoms with E-state index >= 15 is 0 Å². The smallest absolute Gasteiger partial charge is 0.158 e. The molecule has 0 bridgehead atoms. The van der Waals surface area contributed by atoms with Crippen molar-refractivity contribution in [3.8, 4) is 0 Å². The van der Waals surface area contributed by atoms with Crippen LogP contribution >= 0.6 is 0 Å². The molecule has 0 aliphatic carbocycles. The SMILES string of the molecule is CCC(C)(N)COCc1nncn1C. The van der Waals surface area contributed by atoms with Gasteiger partial charge in [-0.05, 0) is 13.3 Å². The number of rotatable bonds is 5. The lowest BCUT2D eigenvalue weighted by atomic mass is 10.0. The summed E-state index contributed by atoms with van der Waals surface area (Å²) in [6, 6.07) is 0. The van der Waals surface area contributed by atoms with Gasteiger partial charge in [0.2, 0.25) is 0 Å². The Hall–Kier alpha value is -0.940. The van der Waals surface area contributed by atoms with E-state index < -0.39 is 0 Å². The Morgan fingerprint density at radius 3 is 2.86 bits per heavy atom. The third-order valence-corrected chi connectivity index (χ3v) is 2.28. The molecule has 0 spiro atoms. The molecule has 5 heteroatoms. The molecule has 80 valence electrons. The van der Waals surface area contributed by atoms with Crippen molar-refractivity contribution in [3.63, 3.8) is 0 Å². The Bertz CT molecular complexity index is 282. The minimum absolute atomic E-state index is 0.251. The predicted octanol–water partition coefficient (Wildman–Crippen LogP) is 0.459. The maximum atomic E-state index is 5.93. The number of nitrogens with two attached hydrogens (primary N) is 1. The molecule has 1 aromatic rings. The summed E-state index contributed by atoms with van der Waals surface area (Å²) in [5, 5.41) is 7.67. The number of aryl methyl sites for hydroxylation is 1. The van der Waals surface area contributed by atoms with E-state index in [1.807, 2.05) is 25.5 Å². The highest BCUT2D eigenvalue weighted by Crippen LogP contribution is 2.06. The summed E-state index contributed by atoms with van der Waals surface area (Å²) in [4.78, 5) is 0. The minimum atomic E-state index is -0.251. The first-order valence-electron chi connectivity index (χ1n) is 4.74. The highest BCUT2D eigenvalue weighted by atomic mass is 16.5. The Labute approximate surface area is 84.3 Å². The standard InChI is InChI=1S/C9H18N4O/c1-4-9(2,10)6-14-5-8-12-11-7-13(8)3/h7H,4-6,10H2,1-3H3. The van der Waals surface area contributed by atoms with Crippen LogP contribution in [0.15, 0.2) is 6.33 Å². The number of ether oxygens (including phenoxy) is 1. The third-order valence-electron chi connectivity index (χ3n) is 2.28. The molecule has 0 amide bonds. The van der Waals surface area contributed by atoms with Gasteiger partial charge in [0.05, 0.1) is 6.61 Å². The minimum Gasteiger partial charge on any atom is -0.372 e. The lowest BCUT2D eigenvalue weighted by molar-refractivity contribution is 0.0721. The first-order valence-corrected chi connectivity index (χ1v) is 4.74. The summed E-state index contributed by atoms with van der Waals surface area (Å²) < 4.78 is 7.30. The number of hydrogen-bond donors (Lipinski definition) is 1. The molecule has 5 nitrogen and oxygen atoms in total. The molecular formula is C9H18N4O. The van der Waals surface area contributed by atoms with Crippen molar-refractivity contribution in [3.05, 3.63) is 12.2 Å². The molecule has 1 aromatic heterocycles. The zero-order valence-corrected chi connectivity index (χ0v) is 9.03. The van der Waals surface area contributed by atoms with Gasteiger partial charge in [0, 0.05) is 12.6 Å². The number of aromatic nitrogens is 3. The van der Waals surface area contributed by atoms with Gasteiger partial charge >= 0.3 is 0 Å². The Morgan fingerprint density at radius 1 is 1.64 bits per heavy atom. The molecule has 0 fully saturated rings. The van der Waals surface area contributed by atoms with Crippen LogP contribution in [0.2, 0.25) is 0 Å². The second kappa shape index (κ2) is 4.52. The van der Waals surface area contributed by atoms with E-state index in [4.69, 9.17) is 10.5 Å². The summed E-state index contributed by atoms with van der Waals surface area (Å²) >= 11 is 0. The van der Waals surface area contributed by atoms with Crippen LogP contribution in [0.1, 0.15) is 26.1 Å². The molecule has 0 aromatic carbocycles. The van der Waals surface area contributed by atoms with E-state index in [2.05, 4.69) is 10.2 Å². The second-order valence-electron chi connectivity index (χ2n) is 3.86. The van der Waals surface area contributed by atoms with Crippen LogP contribution in [0.4, 0.5) is 0 Å². The molecule has 14 heavy (non-hydrogen) atoms. The highest BCUT2D eigenvalue weighted by Gasteiger charge is 2.15. The van der Waals surface area contributed by atoms with Crippen molar-refractivity contribution in [2.45, 2.75) is 32.4 Å². The monoisotopic (exact) mass is 198 g/mol. The van der Waals surface area contributed by atoms with Gasteiger partial charge in [0.25, 0.3) is 0 Å². The molecule has 0 aliphatic heterocycles. The van der Waals surface area contributed by atoms with E-state index in [9.17, 15) is 0 Å². The maximum absolute atomic E-state index is 5.93. The van der Waals surface area contributed by atoms with Gasteiger partial charge in [-0.3, -0.25) is 0 Å². The van der Waals surface area contributed by atoms with Gasteiger partial charge in [-0.1, -0.05) is 6.92 Å². The molecule has 0 aliphatic rings. The highest BCUT2D eigenvalue weighted by molar-refractivity contribution is 4.82. The summed E-state index contributed by atoms with van der Waals surface area (Å²) in [5.41, 5.74) is 5.67. The van der Waals surface area contributed by atoms with E-state index in [1.54, 1.807) is 6.33 Å². The van der Waals surface area contributed by atoms with Crippen molar-refractivity contribution >= 4 is 0 Å². The quantitative estimate of drug-likeness (QED) is 0.746. The third kappa shape index (κ3) is 3.08. The first-order chi connectivity index (χ1) is 6.55. The Kier molecular flexibility index (Phi) is 3.60. The molecular weight excluding hydrogens is 180 g/mol. The Balaban J connectivity index is 2.32. The molecule has 0 radical (unpaired) electrons. The fourth-order valence-corrected chi connectivity index (χ4v) is 0.915. The topological polar surface area (TPSA) is 66.0 Å². The molecule has 0 saturated carbocycles. The van der Waals surface area contributed by atoms with Crippen molar-refractivity contribution in [2.24, 2.45) is 12.8 Å². The molecule has 0 saturated heterocycles. The van der Waals surface area contributed by atoms with Gasteiger partial charge in [-0.2, -0.15) is 0 Å². The van der Waals surface area contributed by atoms with Crippen LogP contribution in [-0.4, -0.2) is 26.9 Å². The summed E-state index contributed by atoms with van der Waals surface area (Å²) in [5.74, 6) is 0.817. The first kappa shape index (κ1) is 11.1. The average molecular weight is 198 g/mol. The van der Waals surface area contributed by atoms with Crippen molar-refractivity contribution in [2.75, 3.05) is 6.61 Å². The fraction of sp³-hybridized carbons (Fsp3) is 0.778. The van der Waals surface area contributed by atoms with Gasteiger partial charge in [-0.15, -0.1) is 10.2 Å². The molecule has 2 N–H and O–H groups in total. The van der Waals surface area contributed by atoms with E-state index in [-0.39, 0.29) is 5.54 Å². The van der Waals surface area contributed by atoms with Crippen molar-refractivity contribution in [1.82, 2.24) is 14.8 Å².